The normalized spacial score (nSPS) is 17.0. The summed E-state index contributed by atoms with van der Waals surface area (Å²) >= 11 is 1.04. The molecule has 1 fully saturated rings. The van der Waals surface area contributed by atoms with Gasteiger partial charge in [0.05, 0.1) is 10.6 Å². The smallest absolute Gasteiger partial charge is 0.376 e. The van der Waals surface area contributed by atoms with E-state index in [0.29, 0.717) is 17.6 Å². The van der Waals surface area contributed by atoms with Crippen LogP contribution in [0.2, 0.25) is 0 Å². The maximum Gasteiger partial charge on any atom is 0.421 e. The number of pyridine rings is 1. The van der Waals surface area contributed by atoms with Crippen LogP contribution >= 0.6 is 11.3 Å². The molecule has 0 amide bonds. The molecule has 4 rings (SSSR count). The van der Waals surface area contributed by atoms with Gasteiger partial charge in [-0.15, -0.1) is 11.3 Å². The van der Waals surface area contributed by atoms with Gasteiger partial charge in [0.2, 0.25) is 9.84 Å². The fraction of sp³-hybridized carbons (Fsp3) is 0.300. The summed E-state index contributed by atoms with van der Waals surface area (Å²) in [5.41, 5.74) is -2.26. The van der Waals surface area contributed by atoms with E-state index in [2.05, 4.69) is 9.97 Å². The molecule has 0 bridgehead atoms. The topological polar surface area (TPSA) is 80.1 Å². The van der Waals surface area contributed by atoms with Crippen molar-refractivity contribution < 1.29 is 26.7 Å². The molecule has 1 N–H and O–H groups in total. The van der Waals surface area contributed by atoms with Crippen molar-refractivity contribution in [3.05, 3.63) is 60.0 Å². The quantitative estimate of drug-likeness (QED) is 0.605. The lowest BCUT2D eigenvalue weighted by Crippen LogP contribution is -2.39. The van der Waals surface area contributed by atoms with E-state index >= 15 is 0 Å². The van der Waals surface area contributed by atoms with E-state index in [9.17, 15) is 26.7 Å². The fourth-order valence-electron chi connectivity index (χ4n) is 2.97. The van der Waals surface area contributed by atoms with Gasteiger partial charge in [0.1, 0.15) is 9.22 Å². The predicted molar refractivity (Wildman–Crippen MR) is 105 cm³/mol. The van der Waals surface area contributed by atoms with Crippen LogP contribution in [-0.4, -0.2) is 29.7 Å². The third-order valence-corrected chi connectivity index (χ3v) is 8.45. The standard InChI is InChI=1S/C20H17F3N2O3S2/c1-19(26,20(21,22)23)14-4-6-15(7-5-14)30(27,28)18-16(12-2-3-12)25-17(29-18)13-8-10-24-11-9-13/h4-12,26H,2-3H2,1H3. The van der Waals surface area contributed by atoms with Crippen molar-refractivity contribution in [2.24, 2.45) is 0 Å². The van der Waals surface area contributed by atoms with Crippen molar-refractivity contribution in [1.29, 1.82) is 0 Å². The molecule has 3 aromatic rings. The summed E-state index contributed by atoms with van der Waals surface area (Å²) in [4.78, 5) is 8.35. The van der Waals surface area contributed by atoms with Gasteiger partial charge in [-0.1, -0.05) is 12.1 Å². The molecule has 1 unspecified atom stereocenters. The highest BCUT2D eigenvalue weighted by Crippen LogP contribution is 2.47. The van der Waals surface area contributed by atoms with Gasteiger partial charge in [0, 0.05) is 23.9 Å². The van der Waals surface area contributed by atoms with Gasteiger partial charge < -0.3 is 5.11 Å². The minimum Gasteiger partial charge on any atom is -0.376 e. The lowest BCUT2D eigenvalue weighted by Gasteiger charge is -2.26. The van der Waals surface area contributed by atoms with Crippen LogP contribution in [0.1, 0.15) is 36.9 Å². The van der Waals surface area contributed by atoms with Gasteiger partial charge in [-0.3, -0.25) is 4.98 Å². The summed E-state index contributed by atoms with van der Waals surface area (Å²) in [6, 6.07) is 7.63. The van der Waals surface area contributed by atoms with Crippen LogP contribution in [0.25, 0.3) is 10.6 Å². The minimum absolute atomic E-state index is 0.0619. The van der Waals surface area contributed by atoms with Crippen molar-refractivity contribution in [3.8, 4) is 10.6 Å². The zero-order valence-electron chi connectivity index (χ0n) is 15.7. The van der Waals surface area contributed by atoms with E-state index in [4.69, 9.17) is 0 Å². The molecule has 0 radical (unpaired) electrons. The number of aromatic nitrogens is 2. The van der Waals surface area contributed by atoms with E-state index in [1.54, 1.807) is 24.5 Å². The number of sulfone groups is 1. The first-order valence-corrected chi connectivity index (χ1v) is 11.4. The minimum atomic E-state index is -4.89. The van der Waals surface area contributed by atoms with Crippen molar-refractivity contribution in [1.82, 2.24) is 9.97 Å². The van der Waals surface area contributed by atoms with Crippen LogP contribution in [-0.2, 0) is 15.4 Å². The molecule has 0 spiro atoms. The Balaban J connectivity index is 1.75. The number of benzene rings is 1. The third kappa shape index (κ3) is 3.63. The molecule has 1 saturated carbocycles. The van der Waals surface area contributed by atoms with Gasteiger partial charge in [-0.2, -0.15) is 13.2 Å². The average molecular weight is 454 g/mol. The molecule has 1 aromatic carbocycles. The van der Waals surface area contributed by atoms with Crippen LogP contribution in [0.4, 0.5) is 13.2 Å². The van der Waals surface area contributed by atoms with E-state index in [0.717, 1.165) is 54.0 Å². The second-order valence-corrected chi connectivity index (χ2v) is 10.4. The first-order chi connectivity index (χ1) is 14.0. The highest BCUT2D eigenvalue weighted by molar-refractivity contribution is 7.93. The maximum absolute atomic E-state index is 13.3. The lowest BCUT2D eigenvalue weighted by atomic mass is 9.96. The third-order valence-electron chi connectivity index (χ3n) is 5.03. The number of thiazole rings is 1. The SMILES string of the molecule is CC(O)(c1ccc(S(=O)(=O)c2sc(-c3ccncc3)nc2C2CC2)cc1)C(F)(F)F. The second kappa shape index (κ2) is 7.14. The molecule has 30 heavy (non-hydrogen) atoms. The first kappa shape index (κ1) is 21.0. The molecule has 0 aliphatic heterocycles. The van der Waals surface area contributed by atoms with Crippen LogP contribution in [0.15, 0.2) is 57.9 Å². The molecular formula is C20H17F3N2O3S2. The Morgan fingerprint density at radius 3 is 2.20 bits per heavy atom. The van der Waals surface area contributed by atoms with Gasteiger partial charge in [0.15, 0.2) is 5.60 Å². The second-order valence-electron chi connectivity index (χ2n) is 7.30. The zero-order chi connectivity index (χ0) is 21.7. The van der Waals surface area contributed by atoms with Crippen LogP contribution in [0.5, 0.6) is 0 Å². The Morgan fingerprint density at radius 1 is 1.07 bits per heavy atom. The van der Waals surface area contributed by atoms with Crippen molar-refractivity contribution in [3.63, 3.8) is 0 Å². The number of rotatable bonds is 5. The summed E-state index contributed by atoms with van der Waals surface area (Å²) in [5.74, 6) is 0.0619. The van der Waals surface area contributed by atoms with E-state index in [1.165, 1.54) is 0 Å². The van der Waals surface area contributed by atoms with Crippen molar-refractivity contribution in [2.45, 2.75) is 46.6 Å². The number of hydrogen-bond acceptors (Lipinski definition) is 6. The highest BCUT2D eigenvalue weighted by Gasteiger charge is 2.51. The molecule has 5 nitrogen and oxygen atoms in total. The molecule has 2 heterocycles. The molecular weight excluding hydrogens is 437 g/mol. The average Bonchev–Trinajstić information content (AvgIpc) is 3.45. The maximum atomic E-state index is 13.3. The summed E-state index contributed by atoms with van der Waals surface area (Å²) in [7, 11) is -3.98. The molecule has 0 saturated heterocycles. The van der Waals surface area contributed by atoms with E-state index in [1.807, 2.05) is 0 Å². The van der Waals surface area contributed by atoms with Gasteiger partial charge in [-0.25, -0.2) is 13.4 Å². The summed E-state index contributed by atoms with van der Waals surface area (Å²) in [6.45, 7) is 0.631. The van der Waals surface area contributed by atoms with Crippen molar-refractivity contribution >= 4 is 21.2 Å². The fourth-order valence-corrected chi connectivity index (χ4v) is 6.02. The Bertz CT molecular complexity index is 1170. The van der Waals surface area contributed by atoms with Crippen LogP contribution in [0.3, 0.4) is 0 Å². The number of hydrogen-bond donors (Lipinski definition) is 1. The van der Waals surface area contributed by atoms with Crippen LogP contribution in [0, 0.1) is 0 Å². The van der Waals surface area contributed by atoms with Crippen molar-refractivity contribution in [2.75, 3.05) is 0 Å². The van der Waals surface area contributed by atoms with Gasteiger partial charge in [0.25, 0.3) is 0 Å². The Hall–Kier alpha value is -2.30. The number of halogens is 3. The molecule has 1 aliphatic carbocycles. The predicted octanol–water partition coefficient (Wildman–Crippen LogP) is 4.69. The Morgan fingerprint density at radius 2 is 1.67 bits per heavy atom. The van der Waals surface area contributed by atoms with Gasteiger partial charge in [-0.05, 0) is 49.6 Å². The first-order valence-electron chi connectivity index (χ1n) is 9.07. The molecule has 158 valence electrons. The number of aliphatic hydroxyl groups is 1. The van der Waals surface area contributed by atoms with Crippen LogP contribution < -0.4 is 0 Å². The van der Waals surface area contributed by atoms with E-state index in [-0.39, 0.29) is 15.0 Å². The Kier molecular flexibility index (Phi) is 4.99. The molecule has 1 atom stereocenters. The summed E-state index contributed by atoms with van der Waals surface area (Å²) in [5, 5.41) is 10.4. The number of nitrogens with zero attached hydrogens (tertiary/aromatic N) is 2. The monoisotopic (exact) mass is 454 g/mol. The largest absolute Gasteiger partial charge is 0.421 e. The lowest BCUT2D eigenvalue weighted by molar-refractivity contribution is -0.258. The zero-order valence-corrected chi connectivity index (χ0v) is 17.4. The van der Waals surface area contributed by atoms with E-state index < -0.39 is 27.2 Å². The summed E-state index contributed by atoms with van der Waals surface area (Å²) < 4.78 is 65.8. The molecule has 2 aromatic heterocycles. The molecule has 10 heteroatoms. The number of alkyl halides is 3. The Labute approximate surface area is 175 Å². The molecule has 1 aliphatic rings. The summed E-state index contributed by atoms with van der Waals surface area (Å²) in [6.07, 6.45) is -0.0194. The highest BCUT2D eigenvalue weighted by atomic mass is 32.2. The van der Waals surface area contributed by atoms with Gasteiger partial charge >= 0.3 is 6.18 Å².